The standard InChI is InChI=1S/C18H31N5S2/c1-19-17(20-12-18(22(2)3)9-10-24-13-18)23(4)11-16-21-14-7-5-6-8-15(14)25-16/h5-13H2,1-4H3,(H,19,20). The fraction of sp³-hybridized carbons (Fsp3) is 0.778. The van der Waals surface area contributed by atoms with E-state index < -0.39 is 0 Å². The summed E-state index contributed by atoms with van der Waals surface area (Å²) in [7, 11) is 8.37. The second kappa shape index (κ2) is 8.27. The number of fused-ring (bicyclic) bond motifs is 1. The first-order valence-electron chi connectivity index (χ1n) is 9.18. The summed E-state index contributed by atoms with van der Waals surface area (Å²) < 4.78 is 0. The van der Waals surface area contributed by atoms with Crippen LogP contribution in [-0.2, 0) is 19.4 Å². The Morgan fingerprint density at radius 3 is 2.72 bits per heavy atom. The summed E-state index contributed by atoms with van der Waals surface area (Å²) in [6.07, 6.45) is 6.22. The molecular weight excluding hydrogens is 350 g/mol. The number of rotatable bonds is 5. The van der Waals surface area contributed by atoms with Crippen LogP contribution in [0.4, 0.5) is 0 Å². The van der Waals surface area contributed by atoms with E-state index >= 15 is 0 Å². The molecule has 0 saturated carbocycles. The number of hydrogen-bond acceptors (Lipinski definition) is 5. The molecule has 140 valence electrons. The lowest BCUT2D eigenvalue weighted by Crippen LogP contribution is -2.54. The molecule has 0 bridgehead atoms. The highest BCUT2D eigenvalue weighted by atomic mass is 32.2. The van der Waals surface area contributed by atoms with Crippen molar-refractivity contribution in [3.8, 4) is 0 Å². The maximum atomic E-state index is 4.87. The fourth-order valence-corrected chi connectivity index (χ4v) is 6.39. The van der Waals surface area contributed by atoms with Crippen molar-refractivity contribution in [1.29, 1.82) is 0 Å². The smallest absolute Gasteiger partial charge is 0.193 e. The number of thioether (sulfide) groups is 1. The van der Waals surface area contributed by atoms with Crippen LogP contribution < -0.4 is 5.32 Å². The molecule has 1 aromatic rings. The summed E-state index contributed by atoms with van der Waals surface area (Å²) in [5, 5.41) is 4.83. The molecule has 1 atom stereocenters. The molecule has 2 aliphatic rings. The Morgan fingerprint density at radius 1 is 1.28 bits per heavy atom. The normalized spacial score (nSPS) is 23.8. The number of aliphatic imine (C=N–C) groups is 1. The molecule has 1 aromatic heterocycles. The second-order valence-electron chi connectivity index (χ2n) is 7.36. The quantitative estimate of drug-likeness (QED) is 0.627. The first kappa shape index (κ1) is 19.0. The highest BCUT2D eigenvalue weighted by molar-refractivity contribution is 7.99. The number of nitrogens with zero attached hydrogens (tertiary/aromatic N) is 4. The van der Waals surface area contributed by atoms with Gasteiger partial charge in [0.1, 0.15) is 5.01 Å². The first-order valence-corrected chi connectivity index (χ1v) is 11.2. The van der Waals surface area contributed by atoms with Gasteiger partial charge in [0.25, 0.3) is 0 Å². The van der Waals surface area contributed by atoms with Crippen molar-refractivity contribution in [3.63, 3.8) is 0 Å². The summed E-state index contributed by atoms with van der Waals surface area (Å²) >= 11 is 3.94. The summed E-state index contributed by atoms with van der Waals surface area (Å²) in [4.78, 5) is 15.5. The van der Waals surface area contributed by atoms with Crippen molar-refractivity contribution >= 4 is 29.1 Å². The van der Waals surface area contributed by atoms with Crippen molar-refractivity contribution in [2.45, 2.75) is 44.2 Å². The van der Waals surface area contributed by atoms with E-state index in [2.05, 4.69) is 53.0 Å². The summed E-state index contributed by atoms with van der Waals surface area (Å²) in [6, 6.07) is 0. The second-order valence-corrected chi connectivity index (χ2v) is 9.64. The van der Waals surface area contributed by atoms with Crippen LogP contribution in [0.3, 0.4) is 0 Å². The summed E-state index contributed by atoms with van der Waals surface area (Å²) in [5.41, 5.74) is 1.58. The van der Waals surface area contributed by atoms with Gasteiger partial charge in [0, 0.05) is 36.8 Å². The number of hydrogen-bond donors (Lipinski definition) is 1. The van der Waals surface area contributed by atoms with Crippen LogP contribution in [0.2, 0.25) is 0 Å². The van der Waals surface area contributed by atoms with Gasteiger partial charge in [0.05, 0.1) is 12.2 Å². The molecule has 2 heterocycles. The Hall–Kier alpha value is -0.790. The lowest BCUT2D eigenvalue weighted by Gasteiger charge is -2.37. The fourth-order valence-electron chi connectivity index (χ4n) is 3.63. The van der Waals surface area contributed by atoms with Crippen LogP contribution in [0.1, 0.15) is 34.8 Å². The molecule has 0 spiro atoms. The summed E-state index contributed by atoms with van der Waals surface area (Å²) in [6.45, 7) is 1.78. The number of thiazole rings is 1. The molecule has 1 saturated heterocycles. The van der Waals surface area contributed by atoms with Crippen LogP contribution in [0.5, 0.6) is 0 Å². The zero-order valence-electron chi connectivity index (χ0n) is 16.0. The number of nitrogens with one attached hydrogen (secondary N) is 1. The van der Waals surface area contributed by atoms with Gasteiger partial charge in [-0.15, -0.1) is 11.3 Å². The molecule has 25 heavy (non-hydrogen) atoms. The molecule has 1 aliphatic heterocycles. The number of aryl methyl sites for hydroxylation is 2. The maximum Gasteiger partial charge on any atom is 0.193 e. The van der Waals surface area contributed by atoms with Gasteiger partial charge in [0.15, 0.2) is 5.96 Å². The third-order valence-corrected chi connectivity index (χ3v) is 7.82. The van der Waals surface area contributed by atoms with Crippen molar-refractivity contribution in [3.05, 3.63) is 15.6 Å². The zero-order chi connectivity index (χ0) is 17.9. The van der Waals surface area contributed by atoms with Gasteiger partial charge in [-0.25, -0.2) is 4.98 Å². The monoisotopic (exact) mass is 381 g/mol. The average Bonchev–Trinajstić information content (AvgIpc) is 3.22. The molecule has 1 aliphatic carbocycles. The number of aromatic nitrogens is 1. The van der Waals surface area contributed by atoms with Crippen molar-refractivity contribution in [2.75, 3.05) is 46.2 Å². The Kier molecular flexibility index (Phi) is 6.28. The number of likely N-dealkylation sites (N-methyl/N-ethyl adjacent to an activating group) is 1. The predicted octanol–water partition coefficient (Wildman–Crippen LogP) is 2.47. The lowest BCUT2D eigenvalue weighted by molar-refractivity contribution is 0.181. The van der Waals surface area contributed by atoms with Gasteiger partial charge in [-0.1, -0.05) is 0 Å². The van der Waals surface area contributed by atoms with E-state index in [0.29, 0.717) is 0 Å². The Morgan fingerprint density at radius 2 is 2.08 bits per heavy atom. The molecule has 0 radical (unpaired) electrons. The van der Waals surface area contributed by atoms with Gasteiger partial charge in [-0.3, -0.25) is 4.99 Å². The topological polar surface area (TPSA) is 43.8 Å². The van der Waals surface area contributed by atoms with E-state index in [9.17, 15) is 0 Å². The maximum absolute atomic E-state index is 4.87. The van der Waals surface area contributed by atoms with Crippen LogP contribution in [0, 0.1) is 0 Å². The van der Waals surface area contributed by atoms with Gasteiger partial charge < -0.3 is 15.1 Å². The van der Waals surface area contributed by atoms with E-state index in [1.54, 1.807) is 0 Å². The third kappa shape index (κ3) is 4.31. The highest BCUT2D eigenvalue weighted by Gasteiger charge is 2.36. The lowest BCUT2D eigenvalue weighted by atomic mass is 9.97. The SMILES string of the molecule is CN=C(NCC1(N(C)C)CCSC1)N(C)Cc1nc2c(s1)CCCC2. The minimum atomic E-state index is 0.238. The van der Waals surface area contributed by atoms with E-state index in [-0.39, 0.29) is 5.54 Å². The van der Waals surface area contributed by atoms with E-state index in [1.165, 1.54) is 52.8 Å². The third-order valence-electron chi connectivity index (χ3n) is 5.44. The molecular formula is C18H31N5S2. The van der Waals surface area contributed by atoms with Gasteiger partial charge in [0.2, 0.25) is 0 Å². The van der Waals surface area contributed by atoms with Crippen molar-refractivity contribution < 1.29 is 0 Å². The molecule has 7 heteroatoms. The predicted molar refractivity (Wildman–Crippen MR) is 110 cm³/mol. The van der Waals surface area contributed by atoms with Gasteiger partial charge in [-0.05, 0) is 52.0 Å². The Balaban J connectivity index is 1.59. The molecule has 0 aromatic carbocycles. The van der Waals surface area contributed by atoms with Crippen LogP contribution in [-0.4, -0.2) is 72.5 Å². The first-order chi connectivity index (χ1) is 12.0. The number of guanidine groups is 1. The molecule has 0 amide bonds. The minimum absolute atomic E-state index is 0.238. The van der Waals surface area contributed by atoms with Crippen molar-refractivity contribution in [1.82, 2.24) is 20.1 Å². The minimum Gasteiger partial charge on any atom is -0.354 e. The average molecular weight is 382 g/mol. The van der Waals surface area contributed by atoms with Gasteiger partial charge in [-0.2, -0.15) is 11.8 Å². The van der Waals surface area contributed by atoms with Crippen LogP contribution >= 0.6 is 23.1 Å². The largest absolute Gasteiger partial charge is 0.354 e. The molecule has 3 rings (SSSR count). The van der Waals surface area contributed by atoms with Crippen LogP contribution in [0.15, 0.2) is 4.99 Å². The van der Waals surface area contributed by atoms with E-state index in [4.69, 9.17) is 4.98 Å². The molecule has 1 fully saturated rings. The van der Waals surface area contributed by atoms with Gasteiger partial charge >= 0.3 is 0 Å². The van der Waals surface area contributed by atoms with E-state index in [1.807, 2.05) is 18.4 Å². The Bertz CT molecular complexity index is 581. The highest BCUT2D eigenvalue weighted by Crippen LogP contribution is 2.31. The molecule has 5 nitrogen and oxygen atoms in total. The van der Waals surface area contributed by atoms with Crippen LogP contribution in [0.25, 0.3) is 0 Å². The van der Waals surface area contributed by atoms with Crippen molar-refractivity contribution in [2.24, 2.45) is 4.99 Å². The molecule has 1 N–H and O–H groups in total. The zero-order valence-corrected chi connectivity index (χ0v) is 17.6. The summed E-state index contributed by atoms with van der Waals surface area (Å²) in [5.74, 6) is 3.40. The Labute approximate surface area is 160 Å². The molecule has 1 unspecified atom stereocenters. The van der Waals surface area contributed by atoms with E-state index in [0.717, 1.165) is 25.5 Å².